The molecule has 1 aliphatic rings. The fraction of sp³-hybridized carbons (Fsp3) is 1.00. The molecule has 5 heteroatoms. The minimum atomic E-state index is -2.91. The summed E-state index contributed by atoms with van der Waals surface area (Å²) in [6, 6.07) is 0. The lowest BCUT2D eigenvalue weighted by molar-refractivity contribution is 0.405. The molecule has 1 heterocycles. The Morgan fingerprint density at radius 3 is 2.50 bits per heavy atom. The maximum atomic E-state index is 11.5. The Morgan fingerprint density at radius 2 is 2.00 bits per heavy atom. The standard InChI is InChI=1S/C11H24N2O2S/c1-3-11(4-2)10-12-6-8-13-7-5-9-16(13,14)15/h11-12H,3-10H2,1-2H3. The molecule has 0 radical (unpaired) electrons. The fourth-order valence-corrected chi connectivity index (χ4v) is 3.56. The second kappa shape index (κ2) is 6.57. The van der Waals surface area contributed by atoms with Gasteiger partial charge in [-0.15, -0.1) is 0 Å². The molecule has 1 fully saturated rings. The van der Waals surface area contributed by atoms with Gasteiger partial charge in [0, 0.05) is 19.6 Å². The van der Waals surface area contributed by atoms with Gasteiger partial charge in [-0.3, -0.25) is 0 Å². The lowest BCUT2D eigenvalue weighted by Crippen LogP contribution is -2.35. The molecular weight excluding hydrogens is 224 g/mol. The lowest BCUT2D eigenvalue weighted by Gasteiger charge is -2.17. The SMILES string of the molecule is CCC(CC)CNCCN1CCCS1(=O)=O. The van der Waals surface area contributed by atoms with Crippen LogP contribution in [0.5, 0.6) is 0 Å². The molecule has 96 valence electrons. The van der Waals surface area contributed by atoms with Crippen LogP contribution in [-0.4, -0.2) is 44.7 Å². The van der Waals surface area contributed by atoms with Crippen LogP contribution in [0.1, 0.15) is 33.1 Å². The van der Waals surface area contributed by atoms with Crippen molar-refractivity contribution in [2.75, 3.05) is 31.9 Å². The molecule has 1 saturated heterocycles. The monoisotopic (exact) mass is 248 g/mol. The van der Waals surface area contributed by atoms with Gasteiger partial charge in [-0.05, 0) is 18.9 Å². The van der Waals surface area contributed by atoms with Gasteiger partial charge in [-0.25, -0.2) is 12.7 Å². The van der Waals surface area contributed by atoms with E-state index in [1.807, 2.05) is 0 Å². The topological polar surface area (TPSA) is 49.4 Å². The van der Waals surface area contributed by atoms with Gasteiger partial charge in [0.2, 0.25) is 10.0 Å². The highest BCUT2D eigenvalue weighted by molar-refractivity contribution is 7.89. The van der Waals surface area contributed by atoms with Gasteiger partial charge in [-0.1, -0.05) is 26.7 Å². The van der Waals surface area contributed by atoms with E-state index < -0.39 is 10.0 Å². The van der Waals surface area contributed by atoms with Crippen molar-refractivity contribution in [3.05, 3.63) is 0 Å². The molecule has 0 atom stereocenters. The second-order valence-corrected chi connectivity index (χ2v) is 6.54. The van der Waals surface area contributed by atoms with Crippen LogP contribution in [0, 0.1) is 5.92 Å². The molecule has 1 rings (SSSR count). The summed E-state index contributed by atoms with van der Waals surface area (Å²) in [6.07, 6.45) is 3.16. The van der Waals surface area contributed by atoms with Gasteiger partial charge < -0.3 is 5.32 Å². The Labute approximate surface area is 99.5 Å². The molecule has 1 N–H and O–H groups in total. The number of hydrogen-bond acceptors (Lipinski definition) is 3. The molecule has 0 saturated carbocycles. The zero-order valence-corrected chi connectivity index (χ0v) is 11.2. The first-order valence-corrected chi connectivity index (χ1v) is 7.89. The predicted molar refractivity (Wildman–Crippen MR) is 66.9 cm³/mol. The van der Waals surface area contributed by atoms with E-state index in [2.05, 4.69) is 19.2 Å². The van der Waals surface area contributed by atoms with Crippen LogP contribution in [0.15, 0.2) is 0 Å². The van der Waals surface area contributed by atoms with Crippen LogP contribution in [0.25, 0.3) is 0 Å². The average molecular weight is 248 g/mol. The van der Waals surface area contributed by atoms with E-state index in [4.69, 9.17) is 0 Å². The Balaban J connectivity index is 2.16. The summed E-state index contributed by atoms with van der Waals surface area (Å²) in [5.41, 5.74) is 0. The number of nitrogens with zero attached hydrogens (tertiary/aromatic N) is 1. The quantitative estimate of drug-likeness (QED) is 0.685. The molecule has 0 aromatic heterocycles. The normalized spacial score (nSPS) is 20.7. The summed E-state index contributed by atoms with van der Waals surface area (Å²) in [7, 11) is -2.91. The predicted octanol–water partition coefficient (Wildman–Crippen LogP) is 1.05. The molecule has 0 aromatic rings. The number of nitrogens with one attached hydrogen (secondary N) is 1. The van der Waals surface area contributed by atoms with Crippen LogP contribution in [0.3, 0.4) is 0 Å². The summed E-state index contributed by atoms with van der Waals surface area (Å²) >= 11 is 0. The number of hydrogen-bond donors (Lipinski definition) is 1. The lowest BCUT2D eigenvalue weighted by atomic mass is 10.0. The Bertz CT molecular complexity index is 286. The van der Waals surface area contributed by atoms with Crippen molar-refractivity contribution in [3.63, 3.8) is 0 Å². The minimum absolute atomic E-state index is 0.333. The van der Waals surface area contributed by atoms with Crippen molar-refractivity contribution in [1.29, 1.82) is 0 Å². The van der Waals surface area contributed by atoms with Crippen molar-refractivity contribution in [3.8, 4) is 0 Å². The number of sulfonamides is 1. The van der Waals surface area contributed by atoms with Gasteiger partial charge in [0.1, 0.15) is 0 Å². The van der Waals surface area contributed by atoms with Gasteiger partial charge in [0.05, 0.1) is 5.75 Å². The summed E-state index contributed by atoms with van der Waals surface area (Å²) in [4.78, 5) is 0. The smallest absolute Gasteiger partial charge is 0.214 e. The Hall–Kier alpha value is -0.130. The van der Waals surface area contributed by atoms with Gasteiger partial charge in [0.15, 0.2) is 0 Å². The van der Waals surface area contributed by atoms with Crippen LogP contribution < -0.4 is 5.32 Å². The van der Waals surface area contributed by atoms with E-state index in [1.165, 1.54) is 12.8 Å². The highest BCUT2D eigenvalue weighted by atomic mass is 32.2. The third-order valence-electron chi connectivity index (χ3n) is 3.33. The Kier molecular flexibility index (Phi) is 5.72. The van der Waals surface area contributed by atoms with E-state index in [-0.39, 0.29) is 0 Å². The van der Waals surface area contributed by atoms with Crippen molar-refractivity contribution in [1.82, 2.24) is 9.62 Å². The van der Waals surface area contributed by atoms with Gasteiger partial charge in [0.25, 0.3) is 0 Å². The molecule has 1 aliphatic heterocycles. The maximum Gasteiger partial charge on any atom is 0.214 e. The first kappa shape index (κ1) is 13.9. The van der Waals surface area contributed by atoms with E-state index in [9.17, 15) is 8.42 Å². The number of rotatable bonds is 7. The van der Waals surface area contributed by atoms with Crippen molar-refractivity contribution >= 4 is 10.0 Å². The van der Waals surface area contributed by atoms with Crippen molar-refractivity contribution < 1.29 is 8.42 Å². The third kappa shape index (κ3) is 4.03. The molecule has 0 bridgehead atoms. The Morgan fingerprint density at radius 1 is 1.31 bits per heavy atom. The van der Waals surface area contributed by atoms with Crippen LogP contribution in [0.2, 0.25) is 0 Å². The zero-order valence-electron chi connectivity index (χ0n) is 10.4. The molecule has 0 aromatic carbocycles. The summed E-state index contributed by atoms with van der Waals surface area (Å²) in [5, 5.41) is 3.35. The summed E-state index contributed by atoms with van der Waals surface area (Å²) < 4.78 is 24.6. The third-order valence-corrected chi connectivity index (χ3v) is 5.29. The molecule has 0 spiro atoms. The van der Waals surface area contributed by atoms with E-state index in [1.54, 1.807) is 4.31 Å². The molecule has 16 heavy (non-hydrogen) atoms. The second-order valence-electron chi connectivity index (χ2n) is 4.46. The van der Waals surface area contributed by atoms with Gasteiger partial charge in [-0.2, -0.15) is 0 Å². The van der Waals surface area contributed by atoms with Gasteiger partial charge >= 0.3 is 0 Å². The summed E-state index contributed by atoms with van der Waals surface area (Å²) in [5.74, 6) is 1.05. The van der Waals surface area contributed by atoms with Crippen LogP contribution in [-0.2, 0) is 10.0 Å². The van der Waals surface area contributed by atoms with Crippen molar-refractivity contribution in [2.24, 2.45) is 5.92 Å². The zero-order chi connectivity index (χ0) is 12.0. The molecule has 0 aliphatic carbocycles. The van der Waals surface area contributed by atoms with E-state index in [0.717, 1.165) is 25.4 Å². The van der Waals surface area contributed by atoms with Crippen LogP contribution in [0.4, 0.5) is 0 Å². The first-order valence-electron chi connectivity index (χ1n) is 6.28. The molecular formula is C11H24N2O2S. The molecule has 0 unspecified atom stereocenters. The minimum Gasteiger partial charge on any atom is -0.315 e. The average Bonchev–Trinajstić information content (AvgIpc) is 2.58. The highest BCUT2D eigenvalue weighted by Gasteiger charge is 2.27. The fourth-order valence-electron chi connectivity index (χ4n) is 2.03. The van der Waals surface area contributed by atoms with E-state index in [0.29, 0.717) is 18.8 Å². The largest absolute Gasteiger partial charge is 0.315 e. The van der Waals surface area contributed by atoms with Crippen molar-refractivity contribution in [2.45, 2.75) is 33.1 Å². The molecule has 4 nitrogen and oxygen atoms in total. The highest BCUT2D eigenvalue weighted by Crippen LogP contribution is 2.12. The maximum absolute atomic E-state index is 11.5. The summed E-state index contributed by atoms with van der Waals surface area (Å²) in [6.45, 7) is 7.50. The molecule has 0 amide bonds. The van der Waals surface area contributed by atoms with Crippen LogP contribution >= 0.6 is 0 Å². The van der Waals surface area contributed by atoms with E-state index >= 15 is 0 Å². The first-order chi connectivity index (χ1) is 7.60.